The highest BCUT2D eigenvalue weighted by atomic mass is 32.1. The number of hydrogen-bond donors (Lipinski definition) is 0. The van der Waals surface area contributed by atoms with Crippen LogP contribution < -0.4 is 0 Å². The van der Waals surface area contributed by atoms with Crippen LogP contribution in [-0.4, -0.2) is 19.9 Å². The van der Waals surface area contributed by atoms with Crippen molar-refractivity contribution in [1.29, 1.82) is 0 Å². The molecule has 0 aliphatic carbocycles. The molecule has 0 saturated heterocycles. The van der Waals surface area contributed by atoms with Gasteiger partial charge in [0.2, 0.25) is 0 Å². The summed E-state index contributed by atoms with van der Waals surface area (Å²) in [5.41, 5.74) is 5.67. The number of pyridine rings is 1. The Bertz CT molecular complexity index is 1820. The number of fused-ring (bicyclic) bond motifs is 4. The minimum absolute atomic E-state index is 0.678. The summed E-state index contributed by atoms with van der Waals surface area (Å²) in [6, 6.07) is 35.1. The zero-order chi connectivity index (χ0) is 23.2. The molecule has 0 aliphatic heterocycles. The molecule has 0 bridgehead atoms. The lowest BCUT2D eigenvalue weighted by atomic mass is 10.0. The summed E-state index contributed by atoms with van der Waals surface area (Å²) in [5, 5.41) is 4.21. The van der Waals surface area contributed by atoms with Crippen LogP contribution in [0.25, 0.3) is 65.2 Å². The van der Waals surface area contributed by atoms with Gasteiger partial charge in [-0.15, -0.1) is 11.3 Å². The maximum absolute atomic E-state index is 5.08. The number of para-hydroxylation sites is 1. The second-order valence-corrected chi connectivity index (χ2v) is 9.39. The number of nitrogens with zero attached hydrogens (tertiary/aromatic N) is 4. The van der Waals surface area contributed by atoms with Gasteiger partial charge >= 0.3 is 0 Å². The van der Waals surface area contributed by atoms with Gasteiger partial charge in [0.25, 0.3) is 0 Å². The van der Waals surface area contributed by atoms with Crippen molar-refractivity contribution in [3.8, 4) is 33.3 Å². The molecule has 0 fully saturated rings. The zero-order valence-electron chi connectivity index (χ0n) is 18.6. The van der Waals surface area contributed by atoms with Gasteiger partial charge in [-0.05, 0) is 35.7 Å². The molecule has 0 saturated carbocycles. The predicted molar refractivity (Wildman–Crippen MR) is 144 cm³/mol. The molecule has 5 heteroatoms. The van der Waals surface area contributed by atoms with Crippen molar-refractivity contribution in [3.63, 3.8) is 0 Å². The molecule has 0 aliphatic rings. The molecular formula is C30H18N4S. The summed E-state index contributed by atoms with van der Waals surface area (Å²) in [6.45, 7) is 0. The average Bonchev–Trinajstić information content (AvgIpc) is 3.37. The van der Waals surface area contributed by atoms with Gasteiger partial charge in [-0.2, -0.15) is 0 Å². The third kappa shape index (κ3) is 3.45. The molecule has 0 N–H and O–H groups in total. The van der Waals surface area contributed by atoms with Crippen LogP contribution in [0.3, 0.4) is 0 Å². The van der Waals surface area contributed by atoms with Crippen molar-refractivity contribution in [2.75, 3.05) is 0 Å². The fourth-order valence-electron chi connectivity index (χ4n) is 4.48. The van der Waals surface area contributed by atoms with Gasteiger partial charge in [-0.1, -0.05) is 72.8 Å². The third-order valence-electron chi connectivity index (χ3n) is 6.17. The van der Waals surface area contributed by atoms with E-state index in [9.17, 15) is 0 Å². The zero-order valence-corrected chi connectivity index (χ0v) is 19.4. The molecule has 0 spiro atoms. The summed E-state index contributed by atoms with van der Waals surface area (Å²) in [4.78, 5) is 19.6. The maximum Gasteiger partial charge on any atom is 0.160 e. The van der Waals surface area contributed by atoms with E-state index < -0.39 is 0 Å². The first-order chi connectivity index (χ1) is 17.3. The van der Waals surface area contributed by atoms with E-state index in [0.29, 0.717) is 5.82 Å². The summed E-state index contributed by atoms with van der Waals surface area (Å²) >= 11 is 1.64. The molecule has 35 heavy (non-hydrogen) atoms. The van der Waals surface area contributed by atoms with E-state index in [0.717, 1.165) is 59.4 Å². The van der Waals surface area contributed by atoms with Crippen molar-refractivity contribution in [2.24, 2.45) is 0 Å². The summed E-state index contributed by atoms with van der Waals surface area (Å²) in [5.74, 6) is 0.678. The Labute approximate surface area is 205 Å². The predicted octanol–water partition coefficient (Wildman–Crippen LogP) is 7.79. The van der Waals surface area contributed by atoms with E-state index >= 15 is 0 Å². The lowest BCUT2D eigenvalue weighted by Crippen LogP contribution is -1.96. The van der Waals surface area contributed by atoms with Crippen LogP contribution in [0.15, 0.2) is 109 Å². The molecule has 0 unspecified atom stereocenters. The standard InChI is InChI=1S/C30H18N4S/c1-2-9-20(10-3-1)27-23-15-14-19-8-4-5-11-22(19)28(23)34-29(33-27)21-16-17-31-25(18-21)30-32-24-12-6-7-13-26(24)35-30/h1-18H. The van der Waals surface area contributed by atoms with Crippen molar-refractivity contribution in [3.05, 3.63) is 109 Å². The van der Waals surface area contributed by atoms with Gasteiger partial charge < -0.3 is 0 Å². The first kappa shape index (κ1) is 19.9. The normalized spacial score (nSPS) is 11.4. The molecule has 4 nitrogen and oxygen atoms in total. The van der Waals surface area contributed by atoms with E-state index in [1.54, 1.807) is 11.3 Å². The van der Waals surface area contributed by atoms with E-state index in [2.05, 4.69) is 59.6 Å². The topological polar surface area (TPSA) is 51.6 Å². The summed E-state index contributed by atoms with van der Waals surface area (Å²) in [7, 11) is 0. The number of thiazole rings is 1. The Kier molecular flexibility index (Phi) is 4.60. The molecule has 7 rings (SSSR count). The van der Waals surface area contributed by atoms with Gasteiger partial charge in [0.05, 0.1) is 27.1 Å². The highest BCUT2D eigenvalue weighted by molar-refractivity contribution is 7.21. The fraction of sp³-hybridized carbons (Fsp3) is 0. The largest absolute Gasteiger partial charge is 0.254 e. The minimum Gasteiger partial charge on any atom is -0.254 e. The summed E-state index contributed by atoms with van der Waals surface area (Å²) < 4.78 is 1.15. The second-order valence-electron chi connectivity index (χ2n) is 8.36. The second kappa shape index (κ2) is 8.08. The Hall–Kier alpha value is -4.48. The smallest absolute Gasteiger partial charge is 0.160 e. The fourth-order valence-corrected chi connectivity index (χ4v) is 5.41. The Morgan fingerprint density at radius 3 is 2.34 bits per heavy atom. The number of hydrogen-bond acceptors (Lipinski definition) is 5. The van der Waals surface area contributed by atoms with Crippen LogP contribution in [0.1, 0.15) is 0 Å². The van der Waals surface area contributed by atoms with Crippen LogP contribution in [-0.2, 0) is 0 Å². The number of aromatic nitrogens is 4. The molecule has 3 heterocycles. The van der Waals surface area contributed by atoms with Crippen LogP contribution >= 0.6 is 11.3 Å². The Balaban J connectivity index is 1.47. The van der Waals surface area contributed by atoms with Crippen molar-refractivity contribution in [2.45, 2.75) is 0 Å². The lowest BCUT2D eigenvalue weighted by Gasteiger charge is -2.11. The monoisotopic (exact) mass is 466 g/mol. The summed E-state index contributed by atoms with van der Waals surface area (Å²) in [6.07, 6.45) is 1.82. The highest BCUT2D eigenvalue weighted by Crippen LogP contribution is 2.34. The van der Waals surface area contributed by atoms with Gasteiger partial charge in [0.1, 0.15) is 5.01 Å². The lowest BCUT2D eigenvalue weighted by molar-refractivity contribution is 1.22. The minimum atomic E-state index is 0.678. The van der Waals surface area contributed by atoms with Crippen LogP contribution in [0, 0.1) is 0 Å². The van der Waals surface area contributed by atoms with Crippen molar-refractivity contribution < 1.29 is 0 Å². The number of rotatable bonds is 3. The Morgan fingerprint density at radius 2 is 1.43 bits per heavy atom. The first-order valence-corrected chi connectivity index (χ1v) is 12.2. The van der Waals surface area contributed by atoms with Crippen molar-refractivity contribution >= 4 is 43.2 Å². The van der Waals surface area contributed by atoms with Gasteiger partial charge in [0.15, 0.2) is 5.82 Å². The quantitative estimate of drug-likeness (QED) is 0.249. The molecule has 164 valence electrons. The molecule has 0 amide bonds. The van der Waals surface area contributed by atoms with E-state index in [-0.39, 0.29) is 0 Å². The number of benzene rings is 4. The van der Waals surface area contributed by atoms with Crippen LogP contribution in [0.5, 0.6) is 0 Å². The van der Waals surface area contributed by atoms with Crippen molar-refractivity contribution in [1.82, 2.24) is 19.9 Å². The SMILES string of the molecule is c1ccc(-c2nc(-c3ccnc(-c4nc5ccccc5s4)c3)nc3c2ccc2ccccc23)cc1. The van der Waals surface area contributed by atoms with E-state index in [4.69, 9.17) is 15.0 Å². The molecule has 3 aromatic heterocycles. The first-order valence-electron chi connectivity index (χ1n) is 11.4. The molecule has 0 radical (unpaired) electrons. The highest BCUT2D eigenvalue weighted by Gasteiger charge is 2.15. The average molecular weight is 467 g/mol. The van der Waals surface area contributed by atoms with E-state index in [1.807, 2.05) is 54.7 Å². The van der Waals surface area contributed by atoms with E-state index in [1.165, 1.54) is 0 Å². The molecular weight excluding hydrogens is 448 g/mol. The third-order valence-corrected chi connectivity index (χ3v) is 7.23. The van der Waals surface area contributed by atoms with Gasteiger partial charge in [0, 0.05) is 28.1 Å². The van der Waals surface area contributed by atoms with Gasteiger partial charge in [-0.3, -0.25) is 4.98 Å². The van der Waals surface area contributed by atoms with Crippen LogP contribution in [0.4, 0.5) is 0 Å². The van der Waals surface area contributed by atoms with Gasteiger partial charge in [-0.25, -0.2) is 15.0 Å². The molecule has 0 atom stereocenters. The van der Waals surface area contributed by atoms with Crippen LogP contribution in [0.2, 0.25) is 0 Å². The maximum atomic E-state index is 5.08. The molecule has 4 aromatic carbocycles. The molecule has 7 aromatic rings. The Morgan fingerprint density at radius 1 is 0.600 bits per heavy atom.